The number of carbonyl (C=O) groups is 1. The number of ether oxygens (including phenoxy) is 2. The molecule has 8 nitrogen and oxygen atoms in total. The Hall–Kier alpha value is -3.91. The van der Waals surface area contributed by atoms with Crippen molar-refractivity contribution in [1.29, 1.82) is 0 Å². The number of benzene rings is 2. The van der Waals surface area contributed by atoms with Crippen molar-refractivity contribution in [2.75, 3.05) is 12.4 Å². The van der Waals surface area contributed by atoms with Crippen LogP contribution in [0.1, 0.15) is 10.4 Å². The Labute approximate surface area is 177 Å². The predicted octanol–water partition coefficient (Wildman–Crippen LogP) is 4.37. The summed E-state index contributed by atoms with van der Waals surface area (Å²) in [6, 6.07) is 13.5. The van der Waals surface area contributed by atoms with Crippen LogP contribution in [0.25, 0.3) is 5.82 Å². The van der Waals surface area contributed by atoms with E-state index in [1.165, 1.54) is 13.4 Å². The van der Waals surface area contributed by atoms with Crippen LogP contribution in [-0.2, 0) is 0 Å². The van der Waals surface area contributed by atoms with Gasteiger partial charge in [-0.1, -0.05) is 11.6 Å². The minimum Gasteiger partial charge on any atom is -0.496 e. The second-order valence-electron chi connectivity index (χ2n) is 6.11. The molecule has 0 unspecified atom stereocenters. The molecule has 0 radical (unpaired) electrons. The summed E-state index contributed by atoms with van der Waals surface area (Å²) in [5.41, 5.74) is 0.939. The van der Waals surface area contributed by atoms with Gasteiger partial charge in [-0.05, 0) is 42.5 Å². The van der Waals surface area contributed by atoms with E-state index in [2.05, 4.69) is 20.3 Å². The van der Waals surface area contributed by atoms with Crippen molar-refractivity contribution in [3.8, 4) is 23.2 Å². The van der Waals surface area contributed by atoms with Crippen LogP contribution in [0.3, 0.4) is 0 Å². The second kappa shape index (κ2) is 8.62. The minimum absolute atomic E-state index is 0.330. The summed E-state index contributed by atoms with van der Waals surface area (Å²) in [5, 5.41) is 3.26. The molecule has 1 N–H and O–H groups in total. The lowest BCUT2D eigenvalue weighted by atomic mass is 10.2. The monoisotopic (exact) mass is 421 g/mol. The fourth-order valence-electron chi connectivity index (χ4n) is 2.70. The molecule has 2 aromatic heterocycles. The molecule has 0 spiro atoms. The average Bonchev–Trinajstić information content (AvgIpc) is 3.30. The highest BCUT2D eigenvalue weighted by Gasteiger charge is 2.13. The van der Waals surface area contributed by atoms with E-state index in [1.54, 1.807) is 71.8 Å². The molecule has 1 amide bonds. The molecular weight excluding hydrogens is 406 g/mol. The molecule has 0 saturated heterocycles. The molecule has 0 atom stereocenters. The number of hydrogen-bond donors (Lipinski definition) is 1. The molecule has 0 bridgehead atoms. The summed E-state index contributed by atoms with van der Waals surface area (Å²) in [6.45, 7) is 0. The molecule has 4 rings (SSSR count). The Morgan fingerprint density at radius 1 is 1.10 bits per heavy atom. The van der Waals surface area contributed by atoms with Crippen LogP contribution >= 0.6 is 11.6 Å². The Balaban J connectivity index is 1.45. The van der Waals surface area contributed by atoms with E-state index in [0.717, 1.165) is 0 Å². The second-order valence-corrected chi connectivity index (χ2v) is 6.55. The van der Waals surface area contributed by atoms with Crippen molar-refractivity contribution in [2.24, 2.45) is 0 Å². The third kappa shape index (κ3) is 4.39. The first kappa shape index (κ1) is 19.4. The smallest absolute Gasteiger partial charge is 0.259 e. The number of aromatic nitrogens is 4. The van der Waals surface area contributed by atoms with E-state index in [0.29, 0.717) is 39.5 Å². The molecule has 0 aliphatic rings. The van der Waals surface area contributed by atoms with E-state index < -0.39 is 0 Å². The van der Waals surface area contributed by atoms with Gasteiger partial charge in [0.25, 0.3) is 5.91 Å². The number of rotatable bonds is 6. The van der Waals surface area contributed by atoms with Crippen molar-refractivity contribution in [2.45, 2.75) is 0 Å². The third-order valence-electron chi connectivity index (χ3n) is 4.14. The Morgan fingerprint density at radius 3 is 2.67 bits per heavy atom. The first-order valence-electron chi connectivity index (χ1n) is 8.85. The number of nitrogens with one attached hydrogen (secondary N) is 1. The maximum atomic E-state index is 12.6. The average molecular weight is 422 g/mol. The standard InChI is InChI=1S/C21H16ClN5O3/c1-29-18-7-2-14(22)10-17(18)21(28)26-15-3-5-16(6-4-15)30-20-11-19(24-12-25-20)27-9-8-23-13-27/h2-13H,1H3,(H,26,28). The molecule has 2 heterocycles. The largest absolute Gasteiger partial charge is 0.496 e. The lowest BCUT2D eigenvalue weighted by Crippen LogP contribution is -2.13. The maximum absolute atomic E-state index is 12.6. The number of carbonyl (C=O) groups excluding carboxylic acids is 1. The van der Waals surface area contributed by atoms with E-state index in [-0.39, 0.29) is 5.91 Å². The number of amides is 1. The lowest BCUT2D eigenvalue weighted by Gasteiger charge is -2.11. The normalized spacial score (nSPS) is 10.5. The summed E-state index contributed by atoms with van der Waals surface area (Å²) in [6.07, 6.45) is 6.49. The first-order valence-corrected chi connectivity index (χ1v) is 9.23. The van der Waals surface area contributed by atoms with Gasteiger partial charge in [0, 0.05) is 29.2 Å². The topological polar surface area (TPSA) is 91.2 Å². The van der Waals surface area contributed by atoms with Crippen LogP contribution in [0, 0.1) is 0 Å². The van der Waals surface area contributed by atoms with Gasteiger partial charge in [0.15, 0.2) is 0 Å². The first-order chi connectivity index (χ1) is 14.6. The van der Waals surface area contributed by atoms with Crippen molar-refractivity contribution in [3.05, 3.63) is 84.2 Å². The molecule has 4 aromatic rings. The van der Waals surface area contributed by atoms with Gasteiger partial charge in [-0.2, -0.15) is 0 Å². The van der Waals surface area contributed by atoms with Crippen molar-refractivity contribution < 1.29 is 14.3 Å². The van der Waals surface area contributed by atoms with Crippen molar-refractivity contribution >= 4 is 23.2 Å². The van der Waals surface area contributed by atoms with Crippen molar-refractivity contribution in [1.82, 2.24) is 19.5 Å². The van der Waals surface area contributed by atoms with Gasteiger partial charge in [0.05, 0.1) is 12.7 Å². The number of imidazole rings is 1. The Bertz CT molecular complexity index is 1160. The van der Waals surface area contributed by atoms with Gasteiger partial charge in [0.2, 0.25) is 5.88 Å². The van der Waals surface area contributed by atoms with Gasteiger partial charge < -0.3 is 14.8 Å². The highest BCUT2D eigenvalue weighted by molar-refractivity contribution is 6.31. The molecular formula is C21H16ClN5O3. The molecule has 150 valence electrons. The zero-order valence-corrected chi connectivity index (χ0v) is 16.6. The van der Waals surface area contributed by atoms with Crippen molar-refractivity contribution in [3.63, 3.8) is 0 Å². The van der Waals surface area contributed by atoms with E-state index >= 15 is 0 Å². The summed E-state index contributed by atoms with van der Waals surface area (Å²) < 4.78 is 12.8. The fraction of sp³-hybridized carbons (Fsp3) is 0.0476. The van der Waals surface area contributed by atoms with E-state index in [4.69, 9.17) is 21.1 Å². The molecule has 9 heteroatoms. The van der Waals surface area contributed by atoms with Gasteiger partial charge in [-0.15, -0.1) is 0 Å². The van der Waals surface area contributed by atoms with Gasteiger partial charge in [0.1, 0.15) is 30.0 Å². The fourth-order valence-corrected chi connectivity index (χ4v) is 2.88. The molecule has 0 fully saturated rings. The molecule has 0 saturated carbocycles. The van der Waals surface area contributed by atoms with Gasteiger partial charge >= 0.3 is 0 Å². The molecule has 0 aliphatic heterocycles. The van der Waals surface area contributed by atoms with Crippen LogP contribution in [0.2, 0.25) is 5.02 Å². The van der Waals surface area contributed by atoms with Crippen LogP contribution in [0.15, 0.2) is 73.6 Å². The van der Waals surface area contributed by atoms with Crippen LogP contribution in [0.4, 0.5) is 5.69 Å². The van der Waals surface area contributed by atoms with Gasteiger partial charge in [-0.3, -0.25) is 9.36 Å². The number of nitrogens with zero attached hydrogens (tertiary/aromatic N) is 4. The Kier molecular flexibility index (Phi) is 5.58. The van der Waals surface area contributed by atoms with Crippen LogP contribution in [0.5, 0.6) is 17.4 Å². The quantitative estimate of drug-likeness (QED) is 0.497. The number of hydrogen-bond acceptors (Lipinski definition) is 6. The number of anilines is 1. The minimum atomic E-state index is -0.330. The highest BCUT2D eigenvalue weighted by atomic mass is 35.5. The number of halogens is 1. The summed E-state index contributed by atoms with van der Waals surface area (Å²) in [5.74, 6) is 1.69. The van der Waals surface area contributed by atoms with Crippen LogP contribution in [-0.4, -0.2) is 32.5 Å². The summed E-state index contributed by atoms with van der Waals surface area (Å²) in [4.78, 5) is 24.9. The van der Waals surface area contributed by atoms with E-state index in [1.807, 2.05) is 0 Å². The highest BCUT2D eigenvalue weighted by Crippen LogP contribution is 2.25. The van der Waals surface area contributed by atoms with Gasteiger partial charge in [-0.25, -0.2) is 15.0 Å². The lowest BCUT2D eigenvalue weighted by molar-refractivity contribution is 0.102. The summed E-state index contributed by atoms with van der Waals surface area (Å²) in [7, 11) is 1.50. The number of methoxy groups -OCH3 is 1. The Morgan fingerprint density at radius 2 is 1.93 bits per heavy atom. The molecule has 2 aromatic carbocycles. The summed E-state index contributed by atoms with van der Waals surface area (Å²) >= 11 is 5.99. The molecule has 0 aliphatic carbocycles. The molecule has 30 heavy (non-hydrogen) atoms. The maximum Gasteiger partial charge on any atom is 0.259 e. The zero-order chi connectivity index (χ0) is 20.9. The van der Waals surface area contributed by atoms with Crippen LogP contribution < -0.4 is 14.8 Å². The predicted molar refractivity (Wildman–Crippen MR) is 112 cm³/mol. The zero-order valence-electron chi connectivity index (χ0n) is 15.8. The van der Waals surface area contributed by atoms with E-state index in [9.17, 15) is 4.79 Å². The third-order valence-corrected chi connectivity index (χ3v) is 4.37. The SMILES string of the molecule is COc1ccc(Cl)cc1C(=O)Nc1ccc(Oc2cc(-n3ccnc3)ncn2)cc1.